The Hall–Kier alpha value is -2.76. The van der Waals surface area contributed by atoms with Gasteiger partial charge in [-0.3, -0.25) is 9.48 Å². The number of aryl methyl sites for hydroxylation is 1. The minimum Gasteiger partial charge on any atom is -0.463 e. The first-order valence-corrected chi connectivity index (χ1v) is 13.6. The van der Waals surface area contributed by atoms with Crippen LogP contribution in [-0.4, -0.2) is 102 Å². The highest BCUT2D eigenvalue weighted by molar-refractivity contribution is 5.92. The van der Waals surface area contributed by atoms with Crippen molar-refractivity contribution in [2.75, 3.05) is 71.5 Å². The topological polar surface area (TPSA) is 101 Å². The summed E-state index contributed by atoms with van der Waals surface area (Å²) in [6.45, 7) is 8.04. The third-order valence-electron chi connectivity index (χ3n) is 7.84. The second-order valence-corrected chi connectivity index (χ2v) is 11.1. The molecule has 0 bridgehead atoms. The second-order valence-electron chi connectivity index (χ2n) is 11.1. The van der Waals surface area contributed by atoms with Crippen molar-refractivity contribution in [3.8, 4) is 6.01 Å². The fraction of sp³-hybridized carbons (Fsp3) is 0.692. The van der Waals surface area contributed by atoms with Gasteiger partial charge in [-0.1, -0.05) is 0 Å². The maximum Gasteiger partial charge on any atom is 0.318 e. The molecule has 11 heteroatoms. The number of aromatic nitrogens is 4. The van der Waals surface area contributed by atoms with E-state index in [1.165, 1.54) is 18.4 Å². The van der Waals surface area contributed by atoms with Crippen LogP contribution in [0.25, 0.3) is 0 Å². The average molecular weight is 511 g/mol. The number of rotatable bonds is 7. The number of ether oxygens (including phenoxy) is 2. The third kappa shape index (κ3) is 5.30. The van der Waals surface area contributed by atoms with Gasteiger partial charge >= 0.3 is 6.01 Å². The first kappa shape index (κ1) is 24.6. The van der Waals surface area contributed by atoms with E-state index in [0.29, 0.717) is 51.2 Å². The van der Waals surface area contributed by atoms with Crippen LogP contribution in [0.2, 0.25) is 0 Å². The molecule has 0 unspecified atom stereocenters. The Balaban J connectivity index is 1.23. The van der Waals surface area contributed by atoms with E-state index < -0.39 is 0 Å². The molecule has 200 valence electrons. The van der Waals surface area contributed by atoms with Gasteiger partial charge in [-0.15, -0.1) is 0 Å². The van der Waals surface area contributed by atoms with Gasteiger partial charge in [0.05, 0.1) is 37.8 Å². The number of hydrogen-bond donors (Lipinski definition) is 1. The quantitative estimate of drug-likeness (QED) is 0.583. The Morgan fingerprint density at radius 1 is 1.19 bits per heavy atom. The molecular formula is C26H38N8O3. The summed E-state index contributed by atoms with van der Waals surface area (Å²) in [7, 11) is 4.23. The molecule has 1 saturated heterocycles. The number of nitrogens with zero attached hydrogens (tertiary/aromatic N) is 7. The van der Waals surface area contributed by atoms with Gasteiger partial charge < -0.3 is 29.5 Å². The lowest BCUT2D eigenvalue weighted by molar-refractivity contribution is 0.0298. The SMILES string of the molecule is CN(C)CC1(COc2nc3c(c(N4CCCn5nc(C(=O)N6CCOCC6)cc5C4)n2)CCNC3)CC1. The highest BCUT2D eigenvalue weighted by atomic mass is 16.5. The smallest absolute Gasteiger partial charge is 0.318 e. The molecule has 6 rings (SSSR count). The van der Waals surface area contributed by atoms with E-state index in [9.17, 15) is 4.79 Å². The van der Waals surface area contributed by atoms with Gasteiger partial charge in [-0.25, -0.2) is 0 Å². The lowest BCUT2D eigenvalue weighted by atomic mass is 10.1. The molecule has 0 spiro atoms. The summed E-state index contributed by atoms with van der Waals surface area (Å²) in [5, 5.41) is 8.14. The number of hydrogen-bond acceptors (Lipinski definition) is 9. The van der Waals surface area contributed by atoms with Gasteiger partial charge in [0, 0.05) is 50.2 Å². The van der Waals surface area contributed by atoms with E-state index in [1.54, 1.807) is 0 Å². The summed E-state index contributed by atoms with van der Waals surface area (Å²) in [6, 6.07) is 2.43. The molecule has 2 fully saturated rings. The third-order valence-corrected chi connectivity index (χ3v) is 7.84. The minimum atomic E-state index is -0.0108. The molecule has 2 aromatic heterocycles. The van der Waals surface area contributed by atoms with Crippen LogP contribution in [0.4, 0.5) is 5.82 Å². The van der Waals surface area contributed by atoms with Crippen molar-refractivity contribution in [3.05, 3.63) is 28.7 Å². The first-order valence-electron chi connectivity index (χ1n) is 13.6. The van der Waals surface area contributed by atoms with E-state index in [2.05, 4.69) is 29.2 Å². The van der Waals surface area contributed by atoms with Gasteiger partial charge in [-0.2, -0.15) is 15.1 Å². The number of anilines is 1. The maximum atomic E-state index is 13.0. The van der Waals surface area contributed by atoms with Crippen LogP contribution in [-0.2, 0) is 30.8 Å². The fourth-order valence-corrected chi connectivity index (χ4v) is 5.73. The van der Waals surface area contributed by atoms with Crippen LogP contribution in [0.5, 0.6) is 6.01 Å². The Kier molecular flexibility index (Phi) is 6.76. The number of fused-ring (bicyclic) bond motifs is 2. The summed E-state index contributed by atoms with van der Waals surface area (Å²) in [6.07, 6.45) is 4.20. The van der Waals surface area contributed by atoms with E-state index in [4.69, 9.17) is 24.5 Å². The van der Waals surface area contributed by atoms with Crippen LogP contribution < -0.4 is 15.0 Å². The molecule has 37 heavy (non-hydrogen) atoms. The van der Waals surface area contributed by atoms with Crippen molar-refractivity contribution < 1.29 is 14.3 Å². The van der Waals surface area contributed by atoms with Gasteiger partial charge in [0.15, 0.2) is 5.69 Å². The van der Waals surface area contributed by atoms with Crippen molar-refractivity contribution in [3.63, 3.8) is 0 Å². The predicted molar refractivity (Wildman–Crippen MR) is 138 cm³/mol. The number of nitrogens with one attached hydrogen (secondary N) is 1. The largest absolute Gasteiger partial charge is 0.463 e. The standard InChI is InChI=1S/C26H38N8O3/c1-31(2)17-26(5-6-26)18-37-25-28-22-15-27-7-4-20(22)23(29-25)33-8-3-9-34-19(16-33)14-21(30-34)24(35)32-10-12-36-13-11-32/h14,27H,3-13,15-18H2,1-2H3. The molecule has 3 aliphatic heterocycles. The van der Waals surface area contributed by atoms with Crippen LogP contribution in [0.15, 0.2) is 6.07 Å². The molecule has 0 radical (unpaired) electrons. The summed E-state index contributed by atoms with van der Waals surface area (Å²) < 4.78 is 13.7. The number of carbonyl (C=O) groups is 1. The highest BCUT2D eigenvalue weighted by Gasteiger charge is 2.44. The van der Waals surface area contributed by atoms with Gasteiger partial charge in [0.1, 0.15) is 5.82 Å². The molecule has 2 aromatic rings. The van der Waals surface area contributed by atoms with Crippen LogP contribution in [0.3, 0.4) is 0 Å². The monoisotopic (exact) mass is 510 g/mol. The van der Waals surface area contributed by atoms with Crippen molar-refractivity contribution >= 4 is 11.7 Å². The zero-order valence-electron chi connectivity index (χ0n) is 22.0. The predicted octanol–water partition coefficient (Wildman–Crippen LogP) is 0.922. The first-order chi connectivity index (χ1) is 18.0. The Morgan fingerprint density at radius 3 is 2.81 bits per heavy atom. The van der Waals surface area contributed by atoms with Crippen molar-refractivity contribution in [2.45, 2.75) is 45.3 Å². The summed E-state index contributed by atoms with van der Waals surface area (Å²) in [5.74, 6) is 0.956. The van der Waals surface area contributed by atoms with Crippen LogP contribution in [0.1, 0.15) is 46.7 Å². The van der Waals surface area contributed by atoms with Gasteiger partial charge in [-0.05, 0) is 52.4 Å². The molecule has 1 amide bonds. The molecule has 5 heterocycles. The van der Waals surface area contributed by atoms with Crippen molar-refractivity contribution in [1.29, 1.82) is 0 Å². The molecule has 1 N–H and O–H groups in total. The molecule has 1 saturated carbocycles. The van der Waals surface area contributed by atoms with E-state index >= 15 is 0 Å². The Bertz CT molecular complexity index is 1140. The van der Waals surface area contributed by atoms with Gasteiger partial charge in [0.2, 0.25) is 0 Å². The summed E-state index contributed by atoms with van der Waals surface area (Å²) in [4.78, 5) is 29.2. The van der Waals surface area contributed by atoms with Crippen LogP contribution in [0, 0.1) is 5.41 Å². The Labute approximate surface area is 218 Å². The molecule has 4 aliphatic rings. The molecule has 1 aliphatic carbocycles. The maximum absolute atomic E-state index is 13.0. The minimum absolute atomic E-state index is 0.0108. The van der Waals surface area contributed by atoms with E-state index in [0.717, 1.165) is 62.8 Å². The number of morpholine rings is 1. The molecular weight excluding hydrogens is 472 g/mol. The summed E-state index contributed by atoms with van der Waals surface area (Å²) >= 11 is 0. The van der Waals surface area contributed by atoms with E-state index in [-0.39, 0.29) is 11.3 Å². The lowest BCUT2D eigenvalue weighted by Gasteiger charge is -2.28. The fourth-order valence-electron chi connectivity index (χ4n) is 5.73. The normalized spacial score (nSPS) is 20.8. The zero-order valence-corrected chi connectivity index (χ0v) is 22.0. The summed E-state index contributed by atoms with van der Waals surface area (Å²) in [5.41, 5.74) is 4.02. The van der Waals surface area contributed by atoms with E-state index in [1.807, 2.05) is 15.6 Å². The molecule has 0 atom stereocenters. The average Bonchev–Trinajstić information content (AvgIpc) is 3.61. The number of amides is 1. The lowest BCUT2D eigenvalue weighted by Crippen LogP contribution is -2.40. The Morgan fingerprint density at radius 2 is 2.03 bits per heavy atom. The zero-order chi connectivity index (χ0) is 25.4. The highest BCUT2D eigenvalue weighted by Crippen LogP contribution is 2.46. The van der Waals surface area contributed by atoms with Crippen molar-refractivity contribution in [1.82, 2.24) is 34.9 Å². The second kappa shape index (κ2) is 10.2. The van der Waals surface area contributed by atoms with Crippen LogP contribution >= 0.6 is 0 Å². The molecule has 0 aromatic carbocycles. The molecule has 11 nitrogen and oxygen atoms in total. The van der Waals surface area contributed by atoms with Crippen molar-refractivity contribution in [2.24, 2.45) is 5.41 Å². The number of carbonyl (C=O) groups excluding carboxylic acids is 1. The van der Waals surface area contributed by atoms with Gasteiger partial charge in [0.25, 0.3) is 5.91 Å².